The molecule has 0 fully saturated rings. The molecule has 3 aromatic carbocycles. The van der Waals surface area contributed by atoms with Crippen molar-refractivity contribution in [3.05, 3.63) is 81.6 Å². The van der Waals surface area contributed by atoms with Crippen molar-refractivity contribution in [2.45, 2.75) is 12.3 Å². The molecule has 0 nitrogen and oxygen atoms in total. The first-order valence-corrected chi connectivity index (χ1v) is 7.89. The number of halogens is 3. The second-order valence-electron chi connectivity index (χ2n) is 5.02. The lowest BCUT2D eigenvalue weighted by molar-refractivity contribution is 0.618. The van der Waals surface area contributed by atoms with Gasteiger partial charge in [-0.3, -0.25) is 0 Å². The van der Waals surface area contributed by atoms with E-state index < -0.39 is 5.38 Å². The van der Waals surface area contributed by atoms with E-state index in [1.807, 2.05) is 25.1 Å². The highest BCUT2D eigenvalue weighted by atomic mass is 79.9. The Labute approximate surface area is 136 Å². The van der Waals surface area contributed by atoms with E-state index in [2.05, 4.69) is 40.2 Å². The lowest BCUT2D eigenvalue weighted by Crippen LogP contribution is -2.00. The Morgan fingerprint density at radius 1 is 1.00 bits per heavy atom. The maximum Gasteiger partial charge on any atom is 0.137 e. The molecule has 0 saturated carbocycles. The molecule has 0 aliphatic rings. The van der Waals surface area contributed by atoms with Crippen LogP contribution in [0.25, 0.3) is 10.8 Å². The number of aryl methyl sites for hydroxylation is 1. The summed E-state index contributed by atoms with van der Waals surface area (Å²) in [5.74, 6) is -0.295. The number of hydrogen-bond acceptors (Lipinski definition) is 0. The number of alkyl halides is 1. The van der Waals surface area contributed by atoms with Crippen LogP contribution < -0.4 is 0 Å². The van der Waals surface area contributed by atoms with E-state index in [1.165, 1.54) is 6.07 Å². The van der Waals surface area contributed by atoms with Crippen molar-refractivity contribution in [3.8, 4) is 0 Å². The Kier molecular flexibility index (Phi) is 4.01. The van der Waals surface area contributed by atoms with Gasteiger partial charge in [-0.25, -0.2) is 4.39 Å². The Bertz CT molecular complexity index is 813. The predicted octanol–water partition coefficient (Wildman–Crippen LogP) is 6.38. The molecule has 0 radical (unpaired) electrons. The predicted molar refractivity (Wildman–Crippen MR) is 90.5 cm³/mol. The monoisotopic (exact) mass is 362 g/mol. The highest BCUT2D eigenvalue weighted by Gasteiger charge is 2.20. The molecule has 1 unspecified atom stereocenters. The summed E-state index contributed by atoms with van der Waals surface area (Å²) in [5, 5.41) is 1.84. The van der Waals surface area contributed by atoms with Crippen LogP contribution in [-0.4, -0.2) is 0 Å². The van der Waals surface area contributed by atoms with Crippen LogP contribution in [0.2, 0.25) is 0 Å². The maximum atomic E-state index is 13.8. The third-order valence-electron chi connectivity index (χ3n) is 3.70. The Morgan fingerprint density at radius 2 is 1.76 bits per heavy atom. The molecular weight excluding hydrogens is 351 g/mol. The van der Waals surface area contributed by atoms with Crippen molar-refractivity contribution in [1.29, 1.82) is 0 Å². The molecule has 3 aromatic rings. The summed E-state index contributed by atoms with van der Waals surface area (Å²) < 4.78 is 14.2. The van der Waals surface area contributed by atoms with Crippen LogP contribution in [0.5, 0.6) is 0 Å². The highest BCUT2D eigenvalue weighted by molar-refractivity contribution is 9.10. The van der Waals surface area contributed by atoms with Crippen molar-refractivity contribution in [2.75, 3.05) is 0 Å². The van der Waals surface area contributed by atoms with Gasteiger partial charge in [0.15, 0.2) is 0 Å². The van der Waals surface area contributed by atoms with Gasteiger partial charge in [0, 0.05) is 0 Å². The second-order valence-corrected chi connectivity index (χ2v) is 6.25. The molecule has 0 aliphatic carbocycles. The lowest BCUT2D eigenvalue weighted by atomic mass is 9.94. The van der Waals surface area contributed by atoms with Crippen LogP contribution in [0.1, 0.15) is 22.1 Å². The summed E-state index contributed by atoms with van der Waals surface area (Å²) in [6.45, 7) is 2.03. The smallest absolute Gasteiger partial charge is 0.137 e. The third kappa shape index (κ3) is 2.58. The fraction of sp³-hybridized carbons (Fsp3) is 0.111. The van der Waals surface area contributed by atoms with Crippen molar-refractivity contribution >= 4 is 38.3 Å². The molecule has 3 heteroatoms. The van der Waals surface area contributed by atoms with Crippen molar-refractivity contribution in [2.24, 2.45) is 0 Å². The first kappa shape index (κ1) is 14.6. The van der Waals surface area contributed by atoms with Crippen LogP contribution in [0.15, 0.2) is 59.1 Å². The van der Waals surface area contributed by atoms with Gasteiger partial charge >= 0.3 is 0 Å². The zero-order valence-electron chi connectivity index (χ0n) is 11.4. The fourth-order valence-electron chi connectivity index (χ4n) is 2.61. The van der Waals surface area contributed by atoms with E-state index in [4.69, 9.17) is 11.6 Å². The van der Waals surface area contributed by atoms with E-state index in [0.29, 0.717) is 4.47 Å². The number of rotatable bonds is 2. The molecule has 3 rings (SSSR count). The number of hydrogen-bond donors (Lipinski definition) is 0. The second kappa shape index (κ2) is 5.78. The van der Waals surface area contributed by atoms with Crippen molar-refractivity contribution in [3.63, 3.8) is 0 Å². The molecule has 21 heavy (non-hydrogen) atoms. The normalized spacial score (nSPS) is 12.6. The lowest BCUT2D eigenvalue weighted by Gasteiger charge is -2.18. The highest BCUT2D eigenvalue weighted by Crippen LogP contribution is 2.39. The Hall–Kier alpha value is -1.38. The van der Waals surface area contributed by atoms with E-state index in [1.54, 1.807) is 6.07 Å². The standard InChI is InChI=1S/C18H13BrClF/c1-11-9-10-12-5-2-3-6-13(12)16(11)18(20)14-7-4-8-15(21)17(14)19/h2-10,18H,1H3. The average molecular weight is 364 g/mol. The van der Waals surface area contributed by atoms with E-state index in [-0.39, 0.29) is 5.82 Å². The van der Waals surface area contributed by atoms with Gasteiger partial charge in [-0.2, -0.15) is 0 Å². The Balaban J connectivity index is 2.24. The summed E-state index contributed by atoms with van der Waals surface area (Å²) in [5.41, 5.74) is 2.88. The first-order valence-electron chi connectivity index (χ1n) is 6.66. The fourth-order valence-corrected chi connectivity index (χ4v) is 3.71. The largest absolute Gasteiger partial charge is 0.206 e. The summed E-state index contributed by atoms with van der Waals surface area (Å²) in [6.07, 6.45) is 0. The average Bonchev–Trinajstić information content (AvgIpc) is 2.49. The van der Waals surface area contributed by atoms with Crippen LogP contribution in [0, 0.1) is 12.7 Å². The summed E-state index contributed by atoms with van der Waals surface area (Å²) in [6, 6.07) is 17.2. The van der Waals surface area contributed by atoms with Gasteiger partial charge < -0.3 is 0 Å². The van der Waals surface area contributed by atoms with Gasteiger partial charge in [0.25, 0.3) is 0 Å². The van der Waals surface area contributed by atoms with E-state index in [9.17, 15) is 4.39 Å². The quantitative estimate of drug-likeness (QED) is 0.463. The zero-order valence-corrected chi connectivity index (χ0v) is 13.7. The molecule has 1 atom stereocenters. The number of fused-ring (bicyclic) bond motifs is 1. The molecular formula is C18H13BrClF. The van der Waals surface area contributed by atoms with Crippen molar-refractivity contribution < 1.29 is 4.39 Å². The minimum atomic E-state index is -0.402. The molecule has 0 heterocycles. The minimum absolute atomic E-state index is 0.295. The number of benzene rings is 3. The van der Waals surface area contributed by atoms with Crippen LogP contribution in [-0.2, 0) is 0 Å². The molecule has 0 saturated heterocycles. The maximum absolute atomic E-state index is 13.8. The minimum Gasteiger partial charge on any atom is -0.206 e. The molecule has 0 aromatic heterocycles. The van der Waals surface area contributed by atoms with Gasteiger partial charge in [0.2, 0.25) is 0 Å². The summed E-state index contributed by atoms with van der Waals surface area (Å²) >= 11 is 10.0. The SMILES string of the molecule is Cc1ccc2ccccc2c1C(Cl)c1cccc(F)c1Br. The summed E-state index contributed by atoms with van der Waals surface area (Å²) in [4.78, 5) is 0. The van der Waals surface area contributed by atoms with Crippen LogP contribution in [0.4, 0.5) is 4.39 Å². The topological polar surface area (TPSA) is 0 Å². The van der Waals surface area contributed by atoms with E-state index >= 15 is 0 Å². The summed E-state index contributed by atoms with van der Waals surface area (Å²) in [7, 11) is 0. The molecule has 0 bridgehead atoms. The first-order chi connectivity index (χ1) is 10.1. The molecule has 0 spiro atoms. The molecule has 106 valence electrons. The molecule has 0 aliphatic heterocycles. The van der Waals surface area contributed by atoms with Gasteiger partial charge in [-0.1, -0.05) is 48.5 Å². The molecule has 0 N–H and O–H groups in total. The van der Waals surface area contributed by atoms with Gasteiger partial charge in [-0.05, 0) is 56.4 Å². The molecule has 0 amide bonds. The van der Waals surface area contributed by atoms with Gasteiger partial charge in [0.1, 0.15) is 5.82 Å². The third-order valence-corrected chi connectivity index (χ3v) is 4.99. The Morgan fingerprint density at radius 3 is 2.57 bits per heavy atom. The van der Waals surface area contributed by atoms with Crippen LogP contribution in [0.3, 0.4) is 0 Å². The van der Waals surface area contributed by atoms with Crippen molar-refractivity contribution in [1.82, 2.24) is 0 Å². The van der Waals surface area contributed by atoms with Gasteiger partial charge in [0.05, 0.1) is 9.85 Å². The van der Waals surface area contributed by atoms with E-state index in [0.717, 1.165) is 27.5 Å². The van der Waals surface area contributed by atoms with Crippen LogP contribution >= 0.6 is 27.5 Å². The zero-order chi connectivity index (χ0) is 15.0. The van der Waals surface area contributed by atoms with Gasteiger partial charge in [-0.15, -0.1) is 11.6 Å².